The number of hydrogen-bond donors (Lipinski definition) is 0. The van der Waals surface area contributed by atoms with E-state index < -0.39 is 53.7 Å². The molecular weight excluding hydrogens is 732 g/mol. The number of esters is 4. The highest BCUT2D eigenvalue weighted by atomic mass is 16.6. The molecule has 0 heterocycles. The van der Waals surface area contributed by atoms with Gasteiger partial charge in [-0.15, -0.1) is 0 Å². The van der Waals surface area contributed by atoms with Crippen molar-refractivity contribution in [2.24, 2.45) is 11.8 Å². The smallest absolute Gasteiger partial charge is 0.314 e. The minimum absolute atomic E-state index is 0.101. The third-order valence-electron chi connectivity index (χ3n) is 8.30. The molecular formula is C45H44O12. The van der Waals surface area contributed by atoms with Crippen LogP contribution in [0.3, 0.4) is 0 Å². The summed E-state index contributed by atoms with van der Waals surface area (Å²) in [6, 6.07) is 27.7. The first-order chi connectivity index (χ1) is 27.4. The van der Waals surface area contributed by atoms with Gasteiger partial charge in [-0.25, -0.2) is 0 Å². The minimum atomic E-state index is -0.780. The van der Waals surface area contributed by atoms with E-state index in [1.165, 1.54) is 50.7 Å². The van der Waals surface area contributed by atoms with Gasteiger partial charge < -0.3 is 28.4 Å². The van der Waals surface area contributed by atoms with E-state index in [-0.39, 0.29) is 49.1 Å². The Hall–Kier alpha value is -6.82. The molecule has 0 radical (unpaired) electrons. The van der Waals surface area contributed by atoms with E-state index in [9.17, 15) is 28.8 Å². The lowest BCUT2D eigenvalue weighted by Crippen LogP contribution is -2.22. The van der Waals surface area contributed by atoms with E-state index in [0.717, 1.165) is 11.1 Å². The lowest BCUT2D eigenvalue weighted by Gasteiger charge is -2.13. The molecule has 4 rings (SSSR count). The van der Waals surface area contributed by atoms with E-state index in [1.54, 1.807) is 38.1 Å². The highest BCUT2D eigenvalue weighted by Gasteiger charge is 2.23. The Morgan fingerprint density at radius 2 is 0.912 bits per heavy atom. The lowest BCUT2D eigenvalue weighted by molar-refractivity contribution is -0.150. The molecule has 0 amide bonds. The number of rotatable bonds is 20. The van der Waals surface area contributed by atoms with Crippen molar-refractivity contribution in [2.75, 3.05) is 14.2 Å². The van der Waals surface area contributed by atoms with Crippen molar-refractivity contribution in [3.05, 3.63) is 131 Å². The Morgan fingerprint density at radius 3 is 1.28 bits per heavy atom. The van der Waals surface area contributed by atoms with Gasteiger partial charge in [0.2, 0.25) is 0 Å². The molecule has 296 valence electrons. The summed E-state index contributed by atoms with van der Waals surface area (Å²) in [5, 5.41) is 0. The first-order valence-corrected chi connectivity index (χ1v) is 18.0. The van der Waals surface area contributed by atoms with Crippen LogP contribution in [0.25, 0.3) is 12.2 Å². The summed E-state index contributed by atoms with van der Waals surface area (Å²) < 4.78 is 32.2. The molecule has 0 unspecified atom stereocenters. The maximum atomic E-state index is 12.7. The molecule has 0 spiro atoms. The molecule has 2 atom stereocenters. The predicted molar refractivity (Wildman–Crippen MR) is 210 cm³/mol. The van der Waals surface area contributed by atoms with Crippen LogP contribution in [0.4, 0.5) is 0 Å². The minimum Gasteiger partial charge on any atom is -0.493 e. The van der Waals surface area contributed by atoms with Crippen LogP contribution in [-0.4, -0.2) is 49.7 Å². The van der Waals surface area contributed by atoms with E-state index in [4.69, 9.17) is 28.4 Å². The number of ketones is 2. The highest BCUT2D eigenvalue weighted by Crippen LogP contribution is 2.31. The van der Waals surface area contributed by atoms with Crippen LogP contribution in [0.2, 0.25) is 0 Å². The predicted octanol–water partition coefficient (Wildman–Crippen LogP) is 7.31. The molecule has 0 saturated carbocycles. The quantitative estimate of drug-likeness (QED) is 0.0382. The van der Waals surface area contributed by atoms with E-state index >= 15 is 0 Å². The SMILES string of the molecule is COc1cc(/C=C/C(=O)CC(=O)/C=C/c2ccc(OC(=O)[C@@H](C)CC(=O)OCc3ccccc3)c(OC)c2)ccc1OC(=O)[C@@H](C)CC(=O)OCc1ccccc1. The van der Waals surface area contributed by atoms with E-state index in [1.807, 2.05) is 60.7 Å². The van der Waals surface area contributed by atoms with Crippen molar-refractivity contribution in [3.63, 3.8) is 0 Å². The normalized spacial score (nSPS) is 12.0. The lowest BCUT2D eigenvalue weighted by atomic mass is 10.1. The van der Waals surface area contributed by atoms with Crippen molar-refractivity contribution >= 4 is 47.6 Å². The largest absolute Gasteiger partial charge is 0.493 e. The van der Waals surface area contributed by atoms with Gasteiger partial charge in [-0.05, 0) is 58.7 Å². The molecule has 57 heavy (non-hydrogen) atoms. The molecule has 0 fully saturated rings. The summed E-state index contributed by atoms with van der Waals surface area (Å²) in [6.07, 6.45) is 4.78. The average molecular weight is 777 g/mol. The fourth-order valence-corrected chi connectivity index (χ4v) is 5.09. The van der Waals surface area contributed by atoms with Gasteiger partial charge in [0.15, 0.2) is 34.6 Å². The molecule has 12 nitrogen and oxygen atoms in total. The summed E-state index contributed by atoms with van der Waals surface area (Å²) >= 11 is 0. The Balaban J connectivity index is 1.23. The molecule has 4 aromatic carbocycles. The van der Waals surface area contributed by atoms with Crippen LogP contribution in [0, 0.1) is 11.8 Å². The third kappa shape index (κ3) is 14.4. The number of benzene rings is 4. The monoisotopic (exact) mass is 776 g/mol. The summed E-state index contributed by atoms with van der Waals surface area (Å²) in [4.78, 5) is 75.1. The van der Waals surface area contributed by atoms with Crippen molar-refractivity contribution in [1.82, 2.24) is 0 Å². The van der Waals surface area contributed by atoms with E-state index in [0.29, 0.717) is 11.1 Å². The van der Waals surface area contributed by atoms with Crippen LogP contribution >= 0.6 is 0 Å². The first-order valence-electron chi connectivity index (χ1n) is 18.0. The molecule has 12 heteroatoms. The molecule has 4 aromatic rings. The second kappa shape index (κ2) is 21.9. The second-order valence-corrected chi connectivity index (χ2v) is 12.9. The Morgan fingerprint density at radius 1 is 0.526 bits per heavy atom. The van der Waals surface area contributed by atoms with Gasteiger partial charge in [0, 0.05) is 0 Å². The summed E-state index contributed by atoms with van der Waals surface area (Å²) in [5.41, 5.74) is 2.76. The maximum Gasteiger partial charge on any atom is 0.314 e. The van der Waals surface area contributed by atoms with Gasteiger partial charge in [0.05, 0.1) is 45.3 Å². The zero-order chi connectivity index (χ0) is 41.2. The topological polar surface area (TPSA) is 158 Å². The van der Waals surface area contributed by atoms with Gasteiger partial charge in [0.25, 0.3) is 0 Å². The van der Waals surface area contributed by atoms with Crippen molar-refractivity contribution in [1.29, 1.82) is 0 Å². The first kappa shape index (κ1) is 42.9. The fraction of sp³-hybridized carbons (Fsp3) is 0.244. The van der Waals surface area contributed by atoms with Gasteiger partial charge in [-0.2, -0.15) is 0 Å². The fourth-order valence-electron chi connectivity index (χ4n) is 5.09. The molecule has 0 aromatic heterocycles. The number of allylic oxidation sites excluding steroid dienone is 2. The van der Waals surface area contributed by atoms with Crippen LogP contribution in [-0.2, 0) is 51.5 Å². The molecule has 0 aliphatic heterocycles. The molecule has 0 aliphatic rings. The summed E-state index contributed by atoms with van der Waals surface area (Å²) in [6.45, 7) is 3.32. The van der Waals surface area contributed by atoms with Crippen LogP contribution in [0.15, 0.2) is 109 Å². The van der Waals surface area contributed by atoms with Crippen LogP contribution < -0.4 is 18.9 Å². The van der Waals surface area contributed by atoms with E-state index in [2.05, 4.69) is 0 Å². The number of carbonyl (C=O) groups is 6. The van der Waals surface area contributed by atoms with Crippen molar-refractivity contribution < 1.29 is 57.2 Å². The molecule has 0 saturated heterocycles. The maximum absolute atomic E-state index is 12.7. The Kier molecular flexibility index (Phi) is 16.5. The summed E-state index contributed by atoms with van der Waals surface area (Å²) in [7, 11) is 2.79. The van der Waals surface area contributed by atoms with Gasteiger partial charge in [-0.3, -0.25) is 28.8 Å². The number of hydrogen-bond acceptors (Lipinski definition) is 12. The average Bonchev–Trinajstić information content (AvgIpc) is 3.21. The van der Waals surface area contributed by atoms with Gasteiger partial charge >= 0.3 is 23.9 Å². The van der Waals surface area contributed by atoms with Crippen molar-refractivity contribution in [2.45, 2.75) is 46.3 Å². The third-order valence-corrected chi connectivity index (χ3v) is 8.30. The van der Waals surface area contributed by atoms with Gasteiger partial charge in [0.1, 0.15) is 13.2 Å². The Labute approximate surface area is 331 Å². The standard InChI is InChI=1S/C45H44O12/c1-30(23-42(48)54-28-34-11-7-5-8-12-34)44(50)56-38-21-17-32(25-40(38)52-3)15-19-36(46)27-37(47)20-16-33-18-22-39(41(26-33)53-4)57-45(51)31(2)24-43(49)55-29-35-13-9-6-10-14-35/h5-22,25-26,30-31H,23-24,27-29H2,1-4H3/b19-15+,20-16+/t30-,31-/m0/s1. The second-order valence-electron chi connectivity index (χ2n) is 12.9. The Bertz CT molecular complexity index is 1940. The van der Waals surface area contributed by atoms with Gasteiger partial charge in [-0.1, -0.05) is 98.8 Å². The molecule has 0 aliphatic carbocycles. The van der Waals surface area contributed by atoms with Crippen LogP contribution in [0.5, 0.6) is 23.0 Å². The zero-order valence-corrected chi connectivity index (χ0v) is 32.1. The number of ether oxygens (including phenoxy) is 6. The number of methoxy groups -OCH3 is 2. The van der Waals surface area contributed by atoms with Crippen LogP contribution in [0.1, 0.15) is 55.4 Å². The number of carbonyl (C=O) groups excluding carboxylic acids is 6. The molecule has 0 N–H and O–H groups in total. The highest BCUT2D eigenvalue weighted by molar-refractivity contribution is 6.11. The summed E-state index contributed by atoms with van der Waals surface area (Å²) in [5.74, 6) is -4.12. The van der Waals surface area contributed by atoms with Crippen molar-refractivity contribution in [3.8, 4) is 23.0 Å². The zero-order valence-electron chi connectivity index (χ0n) is 32.1. The molecule has 0 bridgehead atoms.